The van der Waals surface area contributed by atoms with Gasteiger partial charge in [0.15, 0.2) is 0 Å². The van der Waals surface area contributed by atoms with E-state index >= 15 is 0 Å². The number of aromatic amines is 1. The Kier molecular flexibility index (Phi) is 5.05. The van der Waals surface area contributed by atoms with Gasteiger partial charge in [0.25, 0.3) is 5.69 Å². The minimum Gasteiger partial charge on any atom is -0.388 e. The van der Waals surface area contributed by atoms with Crippen molar-refractivity contribution in [2.24, 2.45) is 5.92 Å². The number of H-pyrrole nitrogens is 1. The molecule has 9 nitrogen and oxygen atoms in total. The van der Waals surface area contributed by atoms with Gasteiger partial charge < -0.3 is 15.1 Å². The molecule has 3 rings (SSSR count). The molecule has 1 saturated heterocycles. The Hall–Kier alpha value is -2.39. The first-order valence-electron chi connectivity index (χ1n) is 7.96. The summed E-state index contributed by atoms with van der Waals surface area (Å²) < 4.78 is 4.90. The van der Waals surface area contributed by atoms with Crippen LogP contribution in [-0.2, 0) is 0 Å². The number of piperidine rings is 1. The van der Waals surface area contributed by atoms with Crippen LogP contribution in [0.2, 0.25) is 5.02 Å². The first kappa shape index (κ1) is 17.4. The quantitative estimate of drug-likeness (QED) is 0.547. The number of nitrogens with one attached hydrogen (secondary N) is 3. The number of aromatic nitrogens is 2. The second-order valence-electron chi connectivity index (χ2n) is 6.05. The van der Waals surface area contributed by atoms with Gasteiger partial charge in [-0.25, -0.2) is 9.89 Å². The fourth-order valence-electron chi connectivity index (χ4n) is 3.03. The number of hydrogen-bond acceptors (Lipinski definition) is 7. The van der Waals surface area contributed by atoms with Crippen LogP contribution in [0.3, 0.4) is 0 Å². The first-order valence-corrected chi connectivity index (χ1v) is 8.34. The van der Waals surface area contributed by atoms with E-state index in [1.807, 2.05) is 6.92 Å². The Bertz CT molecular complexity index is 828. The summed E-state index contributed by atoms with van der Waals surface area (Å²) in [5, 5.41) is 23.8. The molecule has 0 bridgehead atoms. The van der Waals surface area contributed by atoms with E-state index in [1.54, 1.807) is 6.07 Å². The first-order chi connectivity index (χ1) is 12.0. The molecule has 25 heavy (non-hydrogen) atoms. The van der Waals surface area contributed by atoms with Crippen LogP contribution in [0.4, 0.5) is 11.4 Å². The van der Waals surface area contributed by atoms with Crippen LogP contribution >= 0.6 is 11.6 Å². The predicted octanol–water partition coefficient (Wildman–Crippen LogP) is 2.39. The molecule has 1 unspecified atom stereocenters. The lowest BCUT2D eigenvalue weighted by atomic mass is 9.91. The number of nitro groups is 1. The number of hydrogen-bond donors (Lipinski definition) is 3. The summed E-state index contributed by atoms with van der Waals surface area (Å²) in [5.74, 6) is -0.323. The smallest absolute Gasteiger partial charge is 0.388 e. The highest BCUT2D eigenvalue weighted by molar-refractivity contribution is 6.35. The van der Waals surface area contributed by atoms with Crippen molar-refractivity contribution >= 4 is 23.0 Å². The molecule has 0 spiro atoms. The van der Waals surface area contributed by atoms with Gasteiger partial charge in [-0.3, -0.25) is 10.1 Å². The van der Waals surface area contributed by atoms with Crippen molar-refractivity contribution in [1.82, 2.24) is 15.5 Å². The molecule has 0 aliphatic carbocycles. The van der Waals surface area contributed by atoms with Crippen molar-refractivity contribution in [1.29, 1.82) is 0 Å². The number of benzene rings is 1. The van der Waals surface area contributed by atoms with E-state index in [9.17, 15) is 14.9 Å². The van der Waals surface area contributed by atoms with Crippen molar-refractivity contribution < 1.29 is 9.34 Å². The highest BCUT2D eigenvalue weighted by atomic mass is 35.5. The molecule has 10 heteroatoms. The van der Waals surface area contributed by atoms with Crippen LogP contribution in [0, 0.1) is 16.0 Å². The van der Waals surface area contributed by atoms with Crippen LogP contribution in [0.15, 0.2) is 21.3 Å². The van der Waals surface area contributed by atoms with E-state index in [1.165, 1.54) is 6.07 Å². The summed E-state index contributed by atoms with van der Waals surface area (Å²) in [6.45, 7) is 3.92. The summed E-state index contributed by atoms with van der Waals surface area (Å²) in [7, 11) is 0. The molecule has 2 aromatic rings. The van der Waals surface area contributed by atoms with Crippen molar-refractivity contribution in [2.75, 3.05) is 18.4 Å². The Balaban J connectivity index is 1.95. The Morgan fingerprint density at radius 1 is 1.44 bits per heavy atom. The average Bonchev–Trinajstić information content (AvgIpc) is 3.03. The van der Waals surface area contributed by atoms with Gasteiger partial charge in [0.05, 0.1) is 10.6 Å². The van der Waals surface area contributed by atoms with Gasteiger partial charge in [-0.1, -0.05) is 11.6 Å². The molecule has 1 atom stereocenters. The predicted molar refractivity (Wildman–Crippen MR) is 92.9 cm³/mol. The van der Waals surface area contributed by atoms with Gasteiger partial charge >= 0.3 is 5.76 Å². The lowest BCUT2D eigenvalue weighted by molar-refractivity contribution is -0.384. The summed E-state index contributed by atoms with van der Waals surface area (Å²) >= 11 is 6.21. The molecule has 134 valence electrons. The lowest BCUT2D eigenvalue weighted by Gasteiger charge is -2.29. The van der Waals surface area contributed by atoms with Gasteiger partial charge in [-0.2, -0.15) is 0 Å². The standard InChI is InChI=1S/C15H18ClN5O4/c1-8(9-2-4-17-5-3-9)18-11-6-10(14-19-20-15(22)25-14)7-12(13(11)16)21(23)24/h6-9,17-18H,2-5H2,1H3,(H,20,22). The molecule has 0 saturated carbocycles. The number of anilines is 1. The molecule has 1 aromatic heterocycles. The zero-order valence-corrected chi connectivity index (χ0v) is 14.3. The minimum absolute atomic E-state index is 0.0208. The van der Waals surface area contributed by atoms with E-state index in [4.69, 9.17) is 16.0 Å². The van der Waals surface area contributed by atoms with Gasteiger partial charge in [-0.15, -0.1) is 5.10 Å². The van der Waals surface area contributed by atoms with Crippen molar-refractivity contribution in [3.8, 4) is 11.5 Å². The number of nitrogens with zero attached hydrogens (tertiary/aromatic N) is 2. The molecule has 1 aromatic carbocycles. The molecular formula is C15H18ClN5O4. The van der Waals surface area contributed by atoms with Crippen LogP contribution in [-0.4, -0.2) is 34.3 Å². The molecule has 1 fully saturated rings. The summed E-state index contributed by atoms with van der Waals surface area (Å²) in [5.41, 5.74) is 0.446. The van der Waals surface area contributed by atoms with E-state index in [0.29, 0.717) is 17.2 Å². The van der Waals surface area contributed by atoms with Gasteiger partial charge in [0.2, 0.25) is 5.89 Å². The fourth-order valence-corrected chi connectivity index (χ4v) is 3.26. The molecule has 0 radical (unpaired) electrons. The molecule has 1 aliphatic heterocycles. The average molecular weight is 368 g/mol. The Morgan fingerprint density at radius 2 is 2.16 bits per heavy atom. The highest BCUT2D eigenvalue weighted by Gasteiger charge is 2.24. The third-order valence-electron chi connectivity index (χ3n) is 4.41. The molecule has 0 amide bonds. The van der Waals surface area contributed by atoms with Gasteiger partial charge in [-0.05, 0) is 44.8 Å². The zero-order chi connectivity index (χ0) is 18.0. The summed E-state index contributed by atoms with van der Waals surface area (Å²) in [4.78, 5) is 21.9. The van der Waals surface area contributed by atoms with Crippen molar-refractivity contribution in [3.05, 3.63) is 37.8 Å². The Labute approximate surface area is 147 Å². The monoisotopic (exact) mass is 367 g/mol. The third kappa shape index (κ3) is 3.83. The lowest BCUT2D eigenvalue weighted by Crippen LogP contribution is -2.36. The molecule has 1 aliphatic rings. The normalized spacial score (nSPS) is 16.6. The topological polar surface area (TPSA) is 126 Å². The molecular weight excluding hydrogens is 350 g/mol. The summed E-state index contributed by atoms with van der Waals surface area (Å²) in [6.07, 6.45) is 2.03. The van der Waals surface area contributed by atoms with Crippen LogP contribution in [0.5, 0.6) is 0 Å². The fraction of sp³-hybridized carbons (Fsp3) is 0.467. The minimum atomic E-state index is -0.731. The van der Waals surface area contributed by atoms with Crippen LogP contribution < -0.4 is 16.4 Å². The zero-order valence-electron chi connectivity index (χ0n) is 13.5. The maximum atomic E-state index is 11.3. The maximum Gasteiger partial charge on any atom is 0.434 e. The third-order valence-corrected chi connectivity index (χ3v) is 4.81. The van der Waals surface area contributed by atoms with Crippen LogP contribution in [0.1, 0.15) is 19.8 Å². The van der Waals surface area contributed by atoms with E-state index < -0.39 is 10.7 Å². The second-order valence-corrected chi connectivity index (χ2v) is 6.43. The number of nitro benzene ring substituents is 1. The van der Waals surface area contributed by atoms with Gasteiger partial charge in [0.1, 0.15) is 5.02 Å². The molecule has 3 N–H and O–H groups in total. The highest BCUT2D eigenvalue weighted by Crippen LogP contribution is 2.37. The maximum absolute atomic E-state index is 11.3. The number of halogens is 1. The van der Waals surface area contributed by atoms with E-state index in [-0.39, 0.29) is 22.6 Å². The SMILES string of the molecule is CC(Nc1cc(-c2n[nH]c(=O)o2)cc([N+](=O)[O-])c1Cl)C1CCNCC1. The summed E-state index contributed by atoms with van der Waals surface area (Å²) in [6, 6.07) is 2.93. The van der Waals surface area contributed by atoms with Crippen molar-refractivity contribution in [2.45, 2.75) is 25.8 Å². The number of rotatable bonds is 5. The van der Waals surface area contributed by atoms with Crippen molar-refractivity contribution in [3.63, 3.8) is 0 Å². The largest absolute Gasteiger partial charge is 0.434 e. The van der Waals surface area contributed by atoms with Gasteiger partial charge in [0, 0.05) is 17.7 Å². The molecule has 2 heterocycles. The Morgan fingerprint density at radius 3 is 2.76 bits per heavy atom. The second kappa shape index (κ2) is 7.24. The van der Waals surface area contributed by atoms with E-state index in [2.05, 4.69) is 20.8 Å². The van der Waals surface area contributed by atoms with Crippen LogP contribution in [0.25, 0.3) is 11.5 Å². The van der Waals surface area contributed by atoms with E-state index in [0.717, 1.165) is 25.9 Å².